The number of rotatable bonds is 5. The Labute approximate surface area is 147 Å². The van der Waals surface area contributed by atoms with Crippen LogP contribution in [-0.2, 0) is 19.1 Å². The smallest absolute Gasteiger partial charge is 0.312 e. The first kappa shape index (κ1) is 18.8. The van der Waals surface area contributed by atoms with Crippen LogP contribution in [0.5, 0.6) is 0 Å². The second kappa shape index (κ2) is 6.06. The lowest BCUT2D eigenvalue weighted by Crippen LogP contribution is -2.36. The van der Waals surface area contributed by atoms with E-state index in [-0.39, 0.29) is 0 Å². The van der Waals surface area contributed by atoms with Crippen molar-refractivity contribution in [2.45, 2.75) is 52.4 Å². The summed E-state index contributed by atoms with van der Waals surface area (Å²) >= 11 is 0. The lowest BCUT2D eigenvalue weighted by atomic mass is 9.93. The Bertz CT molecular complexity index is 665. The SMILES string of the molecule is CC1(C)C(C(=O)OCN2C(=O)C3=C(CCCC3)C2=O)C1(C(F)F)C(F)F. The van der Waals surface area contributed by atoms with Crippen molar-refractivity contribution in [1.82, 2.24) is 4.90 Å². The lowest BCUT2D eigenvalue weighted by Gasteiger charge is -2.18. The number of alkyl halides is 4. The molecule has 1 heterocycles. The minimum Gasteiger partial charge on any atom is -0.443 e. The van der Waals surface area contributed by atoms with Crippen LogP contribution < -0.4 is 0 Å². The number of imide groups is 1. The molecule has 0 radical (unpaired) electrons. The first-order valence-corrected chi connectivity index (χ1v) is 8.39. The van der Waals surface area contributed by atoms with Gasteiger partial charge in [0.15, 0.2) is 6.73 Å². The normalized spacial score (nSPS) is 26.6. The highest BCUT2D eigenvalue weighted by atomic mass is 19.3. The molecule has 3 rings (SSSR count). The number of nitrogens with zero attached hydrogens (tertiary/aromatic N) is 1. The molecule has 1 atom stereocenters. The summed E-state index contributed by atoms with van der Waals surface area (Å²) in [5, 5.41) is 0. The third kappa shape index (κ3) is 2.31. The molecule has 1 aliphatic heterocycles. The van der Waals surface area contributed by atoms with Gasteiger partial charge in [-0.25, -0.2) is 22.5 Å². The minimum absolute atomic E-state index is 0.388. The van der Waals surface area contributed by atoms with Gasteiger partial charge in [-0.15, -0.1) is 0 Å². The summed E-state index contributed by atoms with van der Waals surface area (Å²) in [6.07, 6.45) is -4.35. The van der Waals surface area contributed by atoms with E-state index >= 15 is 0 Å². The molecule has 0 spiro atoms. The molecular weight excluding hydrogens is 358 g/mol. The van der Waals surface area contributed by atoms with Gasteiger partial charge in [0.25, 0.3) is 24.7 Å². The van der Waals surface area contributed by atoms with Gasteiger partial charge < -0.3 is 4.74 Å². The fourth-order valence-electron chi connectivity index (χ4n) is 4.35. The number of amides is 2. The van der Waals surface area contributed by atoms with Gasteiger partial charge >= 0.3 is 5.97 Å². The second-order valence-electron chi connectivity index (χ2n) is 7.48. The summed E-state index contributed by atoms with van der Waals surface area (Å²) in [6, 6.07) is 0. The quantitative estimate of drug-likeness (QED) is 0.420. The van der Waals surface area contributed by atoms with Crippen molar-refractivity contribution < 1.29 is 36.7 Å². The van der Waals surface area contributed by atoms with Crippen molar-refractivity contribution in [2.24, 2.45) is 16.7 Å². The molecular formula is C17H19F4NO4. The zero-order chi connectivity index (χ0) is 19.4. The van der Waals surface area contributed by atoms with E-state index in [0.29, 0.717) is 24.0 Å². The van der Waals surface area contributed by atoms with Crippen molar-refractivity contribution in [3.05, 3.63) is 11.1 Å². The molecule has 0 aromatic heterocycles. The summed E-state index contributed by atoms with van der Waals surface area (Å²) in [5.41, 5.74) is -3.65. The van der Waals surface area contributed by atoms with Crippen LogP contribution in [0.15, 0.2) is 11.1 Å². The number of carbonyl (C=O) groups is 3. The Morgan fingerprint density at radius 1 is 1.08 bits per heavy atom. The highest BCUT2D eigenvalue weighted by molar-refractivity contribution is 6.19. The zero-order valence-corrected chi connectivity index (χ0v) is 14.4. The number of ether oxygens (including phenoxy) is 1. The number of carbonyl (C=O) groups excluding carboxylic acids is 3. The third-order valence-corrected chi connectivity index (χ3v) is 6.00. The molecule has 26 heavy (non-hydrogen) atoms. The maximum absolute atomic E-state index is 13.3. The van der Waals surface area contributed by atoms with Gasteiger partial charge in [0.1, 0.15) is 5.41 Å². The first-order valence-electron chi connectivity index (χ1n) is 8.39. The predicted octanol–water partition coefficient (Wildman–Crippen LogP) is 2.90. The van der Waals surface area contributed by atoms with Crippen LogP contribution in [0.2, 0.25) is 0 Å². The van der Waals surface area contributed by atoms with Gasteiger partial charge in [-0.2, -0.15) is 0 Å². The van der Waals surface area contributed by atoms with E-state index in [0.717, 1.165) is 31.6 Å². The maximum atomic E-state index is 13.3. The van der Waals surface area contributed by atoms with Crippen LogP contribution >= 0.6 is 0 Å². The fraction of sp³-hybridized carbons (Fsp3) is 0.706. The summed E-state index contributed by atoms with van der Waals surface area (Å²) < 4.78 is 58.0. The number of esters is 1. The molecule has 2 amide bonds. The molecule has 1 unspecified atom stereocenters. The Morgan fingerprint density at radius 2 is 1.54 bits per heavy atom. The molecule has 0 aromatic carbocycles. The van der Waals surface area contributed by atoms with Crippen molar-refractivity contribution >= 4 is 17.8 Å². The minimum atomic E-state index is -3.40. The average Bonchev–Trinajstić information content (AvgIpc) is 3.02. The molecule has 5 nitrogen and oxygen atoms in total. The third-order valence-electron chi connectivity index (χ3n) is 6.00. The second-order valence-corrected chi connectivity index (χ2v) is 7.48. The first-order chi connectivity index (χ1) is 12.1. The monoisotopic (exact) mass is 377 g/mol. The van der Waals surface area contributed by atoms with Crippen LogP contribution in [0, 0.1) is 16.7 Å². The van der Waals surface area contributed by atoms with E-state index in [4.69, 9.17) is 4.74 Å². The fourth-order valence-corrected chi connectivity index (χ4v) is 4.35. The van der Waals surface area contributed by atoms with Crippen molar-refractivity contribution in [1.29, 1.82) is 0 Å². The van der Waals surface area contributed by atoms with E-state index in [1.165, 1.54) is 0 Å². The van der Waals surface area contributed by atoms with Gasteiger partial charge in [0.05, 0.1) is 5.92 Å². The molecule has 1 saturated carbocycles. The number of halogens is 4. The molecule has 0 N–H and O–H groups in total. The zero-order valence-electron chi connectivity index (χ0n) is 14.4. The van der Waals surface area contributed by atoms with E-state index < -0.39 is 54.1 Å². The molecule has 0 saturated heterocycles. The molecule has 0 bridgehead atoms. The van der Waals surface area contributed by atoms with E-state index in [1.54, 1.807) is 0 Å². The van der Waals surface area contributed by atoms with Crippen LogP contribution in [0.4, 0.5) is 17.6 Å². The Balaban J connectivity index is 1.69. The Kier molecular flexibility index (Phi) is 4.39. The summed E-state index contributed by atoms with van der Waals surface area (Å²) in [6.45, 7) is 1.56. The van der Waals surface area contributed by atoms with Gasteiger partial charge in [-0.05, 0) is 31.1 Å². The molecule has 9 heteroatoms. The highest BCUT2D eigenvalue weighted by Gasteiger charge is 2.84. The van der Waals surface area contributed by atoms with Crippen molar-refractivity contribution in [3.63, 3.8) is 0 Å². The maximum Gasteiger partial charge on any atom is 0.312 e. The van der Waals surface area contributed by atoms with Crippen molar-refractivity contribution in [2.75, 3.05) is 6.73 Å². The largest absolute Gasteiger partial charge is 0.443 e. The molecule has 0 aromatic rings. The van der Waals surface area contributed by atoms with Gasteiger partial charge in [-0.1, -0.05) is 13.8 Å². The van der Waals surface area contributed by atoms with Gasteiger partial charge in [0, 0.05) is 11.1 Å². The number of hydrogen-bond donors (Lipinski definition) is 0. The van der Waals surface area contributed by atoms with Gasteiger partial charge in [0.2, 0.25) is 0 Å². The molecule has 3 aliphatic rings. The van der Waals surface area contributed by atoms with E-state index in [2.05, 4.69) is 0 Å². The molecule has 2 aliphatic carbocycles. The summed E-state index contributed by atoms with van der Waals surface area (Å²) in [7, 11) is 0. The molecule has 144 valence electrons. The average molecular weight is 377 g/mol. The lowest BCUT2D eigenvalue weighted by molar-refractivity contribution is -0.159. The molecule has 1 fully saturated rings. The van der Waals surface area contributed by atoms with Crippen LogP contribution in [-0.4, -0.2) is 42.3 Å². The van der Waals surface area contributed by atoms with Gasteiger partial charge in [-0.3, -0.25) is 14.4 Å². The van der Waals surface area contributed by atoms with E-state index in [1.807, 2.05) is 0 Å². The summed E-state index contributed by atoms with van der Waals surface area (Å²) in [4.78, 5) is 37.4. The van der Waals surface area contributed by atoms with Crippen LogP contribution in [0.1, 0.15) is 39.5 Å². The standard InChI is InChI=1S/C17H19F4NO4/c1-16(2)10(17(16,14(18)19)15(20)21)13(25)26-7-22-11(23)8-5-3-4-6-9(8)12(22)24/h10,14-15H,3-7H2,1-2H3. The van der Waals surface area contributed by atoms with Crippen LogP contribution in [0.3, 0.4) is 0 Å². The Hall–Kier alpha value is -1.93. The summed E-state index contributed by atoms with van der Waals surface area (Å²) in [5.74, 6) is -4.09. The van der Waals surface area contributed by atoms with E-state index in [9.17, 15) is 31.9 Å². The topological polar surface area (TPSA) is 63.7 Å². The van der Waals surface area contributed by atoms with Crippen LogP contribution in [0.25, 0.3) is 0 Å². The Morgan fingerprint density at radius 3 is 1.92 bits per heavy atom. The number of hydrogen-bond acceptors (Lipinski definition) is 4. The predicted molar refractivity (Wildman–Crippen MR) is 80.0 cm³/mol. The van der Waals surface area contributed by atoms with Crippen molar-refractivity contribution in [3.8, 4) is 0 Å². The highest BCUT2D eigenvalue weighted by Crippen LogP contribution is 2.74.